The van der Waals surface area contributed by atoms with Gasteiger partial charge in [-0.1, -0.05) is 40.7 Å². The van der Waals surface area contributed by atoms with Gasteiger partial charge >= 0.3 is 0 Å². The third-order valence-corrected chi connectivity index (χ3v) is 4.66. The molecule has 7 nitrogen and oxygen atoms in total. The molecule has 0 bridgehead atoms. The monoisotopic (exact) mass is 372 g/mol. The lowest BCUT2D eigenvalue weighted by Crippen LogP contribution is -1.97. The standard InChI is InChI=1S/C16H13ClN6OS/c1-9-7-10(2)23-15(18-9)20-16(21-23)25-8-13-19-14(22-24-13)11-5-3-4-6-12(11)17/h3-7H,8H2,1-2H3. The Hall–Kier alpha value is -2.45. The summed E-state index contributed by atoms with van der Waals surface area (Å²) in [6, 6.07) is 9.34. The lowest BCUT2D eigenvalue weighted by molar-refractivity contribution is 0.391. The van der Waals surface area contributed by atoms with Gasteiger partial charge < -0.3 is 4.52 Å². The minimum Gasteiger partial charge on any atom is -0.338 e. The highest BCUT2D eigenvalue weighted by atomic mass is 35.5. The molecule has 3 heterocycles. The molecule has 0 aliphatic rings. The molecule has 3 aromatic heterocycles. The first-order valence-electron chi connectivity index (χ1n) is 7.51. The van der Waals surface area contributed by atoms with E-state index >= 15 is 0 Å². The van der Waals surface area contributed by atoms with E-state index in [0.29, 0.717) is 33.4 Å². The van der Waals surface area contributed by atoms with Gasteiger partial charge in [0.2, 0.25) is 16.9 Å². The van der Waals surface area contributed by atoms with Crippen LogP contribution in [-0.4, -0.2) is 29.7 Å². The Labute approximate surface area is 152 Å². The predicted octanol–water partition coefficient (Wildman–Crippen LogP) is 3.74. The van der Waals surface area contributed by atoms with Crippen LogP contribution in [0.5, 0.6) is 0 Å². The fraction of sp³-hybridized carbons (Fsp3) is 0.188. The fourth-order valence-electron chi connectivity index (χ4n) is 2.40. The number of thioether (sulfide) groups is 1. The van der Waals surface area contributed by atoms with Crippen LogP contribution in [0.2, 0.25) is 5.02 Å². The summed E-state index contributed by atoms with van der Waals surface area (Å²) in [6.45, 7) is 3.90. The van der Waals surface area contributed by atoms with Crippen LogP contribution in [0.3, 0.4) is 0 Å². The Morgan fingerprint density at radius 2 is 2.00 bits per heavy atom. The highest BCUT2D eigenvalue weighted by Crippen LogP contribution is 2.26. The summed E-state index contributed by atoms with van der Waals surface area (Å²) in [5.74, 6) is 2.01. The molecule has 9 heteroatoms. The van der Waals surface area contributed by atoms with Crippen molar-refractivity contribution in [2.75, 3.05) is 0 Å². The zero-order valence-corrected chi connectivity index (χ0v) is 15.0. The Morgan fingerprint density at radius 1 is 1.16 bits per heavy atom. The zero-order chi connectivity index (χ0) is 17.4. The molecule has 0 fully saturated rings. The molecule has 126 valence electrons. The van der Waals surface area contributed by atoms with Crippen molar-refractivity contribution in [3.63, 3.8) is 0 Å². The quantitative estimate of drug-likeness (QED) is 0.504. The molecule has 4 aromatic rings. The van der Waals surface area contributed by atoms with Gasteiger partial charge in [0.25, 0.3) is 5.78 Å². The van der Waals surface area contributed by atoms with Crippen LogP contribution in [0.4, 0.5) is 0 Å². The van der Waals surface area contributed by atoms with Crippen LogP contribution in [0.15, 0.2) is 40.0 Å². The second kappa shape index (κ2) is 6.45. The van der Waals surface area contributed by atoms with Crippen LogP contribution >= 0.6 is 23.4 Å². The number of hydrogen-bond donors (Lipinski definition) is 0. The minimum absolute atomic E-state index is 0.465. The molecule has 4 rings (SSSR count). The molecule has 0 saturated heterocycles. The summed E-state index contributed by atoms with van der Waals surface area (Å²) in [5, 5.41) is 9.62. The van der Waals surface area contributed by atoms with Gasteiger partial charge in [0, 0.05) is 17.0 Å². The van der Waals surface area contributed by atoms with E-state index in [2.05, 4.69) is 25.2 Å². The van der Waals surface area contributed by atoms with E-state index in [9.17, 15) is 0 Å². The highest BCUT2D eigenvalue weighted by Gasteiger charge is 2.14. The van der Waals surface area contributed by atoms with E-state index in [0.717, 1.165) is 17.0 Å². The first-order valence-corrected chi connectivity index (χ1v) is 8.88. The molecule has 1 aromatic carbocycles. The number of nitrogens with zero attached hydrogens (tertiary/aromatic N) is 6. The summed E-state index contributed by atoms with van der Waals surface area (Å²) in [4.78, 5) is 13.2. The van der Waals surface area contributed by atoms with Gasteiger partial charge in [0.05, 0.1) is 10.8 Å². The summed E-state index contributed by atoms with van der Waals surface area (Å²) in [7, 11) is 0. The number of fused-ring (bicyclic) bond motifs is 1. The number of aromatic nitrogens is 6. The molecule has 0 aliphatic heterocycles. The van der Waals surface area contributed by atoms with Gasteiger partial charge in [-0.25, -0.2) is 9.50 Å². The van der Waals surface area contributed by atoms with Gasteiger partial charge in [0.15, 0.2) is 0 Å². The van der Waals surface area contributed by atoms with E-state index in [4.69, 9.17) is 16.1 Å². The molecule has 0 unspecified atom stereocenters. The van der Waals surface area contributed by atoms with Crippen molar-refractivity contribution in [1.29, 1.82) is 0 Å². The maximum atomic E-state index is 6.16. The second-order valence-corrected chi connectivity index (χ2v) is 6.78. The molecule has 0 spiro atoms. The number of rotatable bonds is 4. The van der Waals surface area contributed by atoms with Crippen molar-refractivity contribution >= 4 is 29.1 Å². The summed E-state index contributed by atoms with van der Waals surface area (Å²) in [6.07, 6.45) is 0. The lowest BCUT2D eigenvalue weighted by atomic mass is 10.2. The Kier molecular flexibility index (Phi) is 4.14. The molecule has 25 heavy (non-hydrogen) atoms. The maximum Gasteiger partial charge on any atom is 0.253 e. The Balaban J connectivity index is 1.52. The highest BCUT2D eigenvalue weighted by molar-refractivity contribution is 7.98. The summed E-state index contributed by atoms with van der Waals surface area (Å²) >= 11 is 7.57. The third-order valence-electron chi connectivity index (χ3n) is 3.51. The average molecular weight is 373 g/mol. The number of benzene rings is 1. The normalized spacial score (nSPS) is 11.3. The van der Waals surface area contributed by atoms with Crippen molar-refractivity contribution in [1.82, 2.24) is 29.7 Å². The van der Waals surface area contributed by atoms with Gasteiger partial charge in [-0.15, -0.1) is 5.10 Å². The van der Waals surface area contributed by atoms with Crippen LogP contribution in [0, 0.1) is 13.8 Å². The van der Waals surface area contributed by atoms with Gasteiger partial charge in [0.1, 0.15) is 0 Å². The zero-order valence-electron chi connectivity index (χ0n) is 13.5. The van der Waals surface area contributed by atoms with Gasteiger partial charge in [-0.05, 0) is 32.0 Å². The summed E-state index contributed by atoms with van der Waals surface area (Å²) in [5.41, 5.74) is 2.64. The lowest BCUT2D eigenvalue weighted by Gasteiger charge is -1.97. The SMILES string of the molecule is Cc1cc(C)n2nc(SCc3nc(-c4ccccc4Cl)no3)nc2n1. The summed E-state index contributed by atoms with van der Waals surface area (Å²) < 4.78 is 7.01. The van der Waals surface area contributed by atoms with Crippen molar-refractivity contribution in [2.45, 2.75) is 24.8 Å². The molecule has 0 N–H and O–H groups in total. The Morgan fingerprint density at radius 3 is 2.84 bits per heavy atom. The largest absolute Gasteiger partial charge is 0.338 e. The molecular weight excluding hydrogens is 360 g/mol. The van der Waals surface area contributed by atoms with Crippen molar-refractivity contribution < 1.29 is 4.52 Å². The smallest absolute Gasteiger partial charge is 0.253 e. The second-order valence-electron chi connectivity index (χ2n) is 5.43. The third kappa shape index (κ3) is 3.22. The van der Waals surface area contributed by atoms with E-state index in [1.165, 1.54) is 11.8 Å². The van der Waals surface area contributed by atoms with Crippen LogP contribution in [-0.2, 0) is 5.75 Å². The van der Waals surface area contributed by atoms with Crippen LogP contribution < -0.4 is 0 Å². The first-order chi connectivity index (χ1) is 12.1. The predicted molar refractivity (Wildman–Crippen MR) is 94.6 cm³/mol. The molecular formula is C16H13ClN6OS. The maximum absolute atomic E-state index is 6.16. The van der Waals surface area contributed by atoms with Crippen molar-refractivity contribution in [3.8, 4) is 11.4 Å². The van der Waals surface area contributed by atoms with Crippen LogP contribution in [0.1, 0.15) is 17.3 Å². The minimum atomic E-state index is 0.465. The molecule has 0 radical (unpaired) electrons. The van der Waals surface area contributed by atoms with Gasteiger partial charge in [-0.2, -0.15) is 9.97 Å². The number of aryl methyl sites for hydroxylation is 2. The van der Waals surface area contributed by atoms with E-state index in [1.54, 1.807) is 10.6 Å². The van der Waals surface area contributed by atoms with E-state index < -0.39 is 0 Å². The first kappa shape index (κ1) is 16.0. The average Bonchev–Trinajstić information content (AvgIpc) is 3.20. The van der Waals surface area contributed by atoms with Crippen LogP contribution in [0.25, 0.3) is 17.2 Å². The number of hydrogen-bond acceptors (Lipinski definition) is 7. The van der Waals surface area contributed by atoms with Crippen molar-refractivity contribution in [3.05, 3.63) is 52.6 Å². The number of halogens is 1. The van der Waals surface area contributed by atoms with Gasteiger partial charge in [-0.3, -0.25) is 0 Å². The molecule has 0 amide bonds. The molecule has 0 atom stereocenters. The van der Waals surface area contributed by atoms with Crippen molar-refractivity contribution in [2.24, 2.45) is 0 Å². The van der Waals surface area contributed by atoms with E-state index in [1.807, 2.05) is 38.1 Å². The Bertz CT molecular complexity index is 1060. The molecule has 0 aliphatic carbocycles. The topological polar surface area (TPSA) is 82.0 Å². The molecule has 0 saturated carbocycles. The fourth-order valence-corrected chi connectivity index (χ4v) is 3.28. The van der Waals surface area contributed by atoms with E-state index in [-0.39, 0.29) is 0 Å².